The van der Waals surface area contributed by atoms with E-state index in [1.54, 1.807) is 0 Å². The van der Waals surface area contributed by atoms with Crippen LogP contribution in [-0.2, 0) is 9.53 Å². The molecule has 0 spiro atoms. The van der Waals surface area contributed by atoms with Gasteiger partial charge in [-0.25, -0.2) is 4.79 Å². The molecular weight excluding hydrogens is 260 g/mol. The number of hydrogen-bond donors (Lipinski definition) is 6. The van der Waals surface area contributed by atoms with Crippen molar-refractivity contribution in [3.05, 3.63) is 11.5 Å². The monoisotopic (exact) mass is 278 g/mol. The van der Waals surface area contributed by atoms with E-state index in [-0.39, 0.29) is 6.42 Å². The maximum Gasteiger partial charge on any atom is 0.378 e. The van der Waals surface area contributed by atoms with Crippen LogP contribution in [0.25, 0.3) is 0 Å². The van der Waals surface area contributed by atoms with Crippen molar-refractivity contribution in [1.29, 1.82) is 0 Å². The zero-order chi connectivity index (χ0) is 14.8. The molecule has 1 aliphatic rings. The molecular formula is C11H18O8. The van der Waals surface area contributed by atoms with Gasteiger partial charge < -0.3 is 35.4 Å². The lowest BCUT2D eigenvalue weighted by Crippen LogP contribution is -2.59. The number of carbonyl (C=O) groups is 1. The third kappa shape index (κ3) is 2.27. The molecule has 110 valence electrons. The van der Waals surface area contributed by atoms with E-state index in [4.69, 9.17) is 9.84 Å². The number of esters is 1. The number of cyclic esters (lactones) is 1. The van der Waals surface area contributed by atoms with E-state index in [0.717, 1.165) is 0 Å². The van der Waals surface area contributed by atoms with Crippen molar-refractivity contribution in [2.24, 2.45) is 0 Å². The van der Waals surface area contributed by atoms with Crippen molar-refractivity contribution in [2.75, 3.05) is 13.2 Å². The number of hydrogen-bond acceptors (Lipinski definition) is 8. The standard InChI is InChI=1S/C11H18O8/c1-2-10(18,5-13)11(3-6(14)4-12)8(16)7(15)9(17)19-11/h6,12-16,18H,2-5H2,1H3/t6?,10-,11-/m0/s1. The quantitative estimate of drug-likeness (QED) is 0.321. The summed E-state index contributed by atoms with van der Waals surface area (Å²) in [5.74, 6) is -3.34. The van der Waals surface area contributed by atoms with Gasteiger partial charge in [0.2, 0.25) is 11.4 Å². The first-order valence-corrected chi connectivity index (χ1v) is 5.76. The van der Waals surface area contributed by atoms with Crippen LogP contribution in [0.3, 0.4) is 0 Å². The minimum atomic E-state index is -2.19. The summed E-state index contributed by atoms with van der Waals surface area (Å²) in [5.41, 5.74) is -4.30. The summed E-state index contributed by atoms with van der Waals surface area (Å²) in [6.07, 6.45) is -2.13. The summed E-state index contributed by atoms with van der Waals surface area (Å²) in [5, 5.41) is 57.1. The van der Waals surface area contributed by atoms with Crippen molar-refractivity contribution in [2.45, 2.75) is 37.1 Å². The molecule has 0 saturated carbocycles. The maximum atomic E-state index is 11.3. The van der Waals surface area contributed by atoms with Crippen LogP contribution in [0.15, 0.2) is 11.5 Å². The highest BCUT2D eigenvalue weighted by atomic mass is 16.6. The molecule has 6 N–H and O–H groups in total. The largest absolute Gasteiger partial charge is 0.505 e. The SMILES string of the molecule is CC[C@](O)(CO)[C@@]1(CC(O)CO)OC(=O)C(O)=C1O. The Morgan fingerprint density at radius 3 is 2.26 bits per heavy atom. The van der Waals surface area contributed by atoms with Crippen LogP contribution < -0.4 is 0 Å². The first kappa shape index (κ1) is 15.7. The van der Waals surface area contributed by atoms with Crippen LogP contribution in [0.1, 0.15) is 19.8 Å². The summed E-state index contributed by atoms with van der Waals surface area (Å²) in [6, 6.07) is 0. The lowest BCUT2D eigenvalue weighted by atomic mass is 9.76. The number of ether oxygens (including phenoxy) is 1. The fourth-order valence-electron chi connectivity index (χ4n) is 2.11. The van der Waals surface area contributed by atoms with Crippen LogP contribution >= 0.6 is 0 Å². The second-order valence-electron chi connectivity index (χ2n) is 4.50. The van der Waals surface area contributed by atoms with Crippen LogP contribution in [0, 0.1) is 0 Å². The Kier molecular flexibility index (Phi) is 4.41. The Bertz CT molecular complexity index is 386. The molecule has 0 bridgehead atoms. The van der Waals surface area contributed by atoms with E-state index in [1.165, 1.54) is 6.92 Å². The first-order chi connectivity index (χ1) is 8.78. The molecule has 19 heavy (non-hydrogen) atoms. The minimum Gasteiger partial charge on any atom is -0.505 e. The zero-order valence-electron chi connectivity index (χ0n) is 10.4. The molecule has 8 heteroatoms. The average Bonchev–Trinajstić information content (AvgIpc) is 2.63. The van der Waals surface area contributed by atoms with Crippen LogP contribution in [0.4, 0.5) is 0 Å². The molecule has 0 saturated heterocycles. The van der Waals surface area contributed by atoms with E-state index in [1.807, 2.05) is 0 Å². The summed E-state index contributed by atoms with van der Waals surface area (Å²) < 4.78 is 4.80. The van der Waals surface area contributed by atoms with Gasteiger partial charge >= 0.3 is 5.97 Å². The van der Waals surface area contributed by atoms with Gasteiger partial charge in [-0.05, 0) is 6.42 Å². The fourth-order valence-corrected chi connectivity index (χ4v) is 2.11. The smallest absolute Gasteiger partial charge is 0.378 e. The van der Waals surface area contributed by atoms with Gasteiger partial charge in [0.25, 0.3) is 0 Å². The summed E-state index contributed by atoms with van der Waals surface area (Å²) >= 11 is 0. The summed E-state index contributed by atoms with van der Waals surface area (Å²) in [6.45, 7) is -0.134. The molecule has 0 aliphatic carbocycles. The van der Waals surface area contributed by atoms with Crippen LogP contribution in [0.2, 0.25) is 0 Å². The van der Waals surface area contributed by atoms with Crippen molar-refractivity contribution >= 4 is 5.97 Å². The van der Waals surface area contributed by atoms with E-state index in [9.17, 15) is 30.3 Å². The highest BCUT2D eigenvalue weighted by molar-refractivity contribution is 5.90. The highest BCUT2D eigenvalue weighted by Crippen LogP contribution is 2.44. The number of rotatable bonds is 6. The van der Waals surface area contributed by atoms with Gasteiger partial charge in [0.15, 0.2) is 5.76 Å². The van der Waals surface area contributed by atoms with Gasteiger partial charge in [0, 0.05) is 6.42 Å². The molecule has 0 aromatic rings. The highest BCUT2D eigenvalue weighted by Gasteiger charge is 2.62. The average molecular weight is 278 g/mol. The third-order valence-electron chi connectivity index (χ3n) is 3.40. The van der Waals surface area contributed by atoms with Gasteiger partial charge in [0.1, 0.15) is 5.60 Å². The zero-order valence-corrected chi connectivity index (χ0v) is 10.4. The number of carbonyl (C=O) groups excluding carboxylic acids is 1. The first-order valence-electron chi connectivity index (χ1n) is 5.76. The molecule has 3 atom stereocenters. The Hall–Kier alpha value is -1.35. The Morgan fingerprint density at radius 2 is 1.95 bits per heavy atom. The molecule has 1 heterocycles. The van der Waals surface area contributed by atoms with E-state index >= 15 is 0 Å². The lowest BCUT2D eigenvalue weighted by Gasteiger charge is -2.42. The van der Waals surface area contributed by atoms with Crippen LogP contribution in [0.5, 0.6) is 0 Å². The predicted molar refractivity (Wildman–Crippen MR) is 61.1 cm³/mol. The molecule has 1 aliphatic heterocycles. The van der Waals surface area contributed by atoms with Gasteiger partial charge in [-0.15, -0.1) is 0 Å². The third-order valence-corrected chi connectivity index (χ3v) is 3.40. The second-order valence-corrected chi connectivity index (χ2v) is 4.50. The molecule has 0 amide bonds. The van der Waals surface area contributed by atoms with Crippen molar-refractivity contribution in [1.82, 2.24) is 0 Å². The molecule has 0 aromatic carbocycles. The van der Waals surface area contributed by atoms with Crippen molar-refractivity contribution in [3.8, 4) is 0 Å². The lowest BCUT2D eigenvalue weighted by molar-refractivity contribution is -0.201. The van der Waals surface area contributed by atoms with Crippen molar-refractivity contribution < 1.29 is 40.2 Å². The molecule has 1 unspecified atom stereocenters. The van der Waals surface area contributed by atoms with Crippen molar-refractivity contribution in [3.63, 3.8) is 0 Å². The predicted octanol–water partition coefficient (Wildman–Crippen LogP) is -1.51. The summed E-state index contributed by atoms with van der Waals surface area (Å²) in [4.78, 5) is 11.3. The molecule has 8 nitrogen and oxygen atoms in total. The Balaban J connectivity index is 3.32. The fraction of sp³-hybridized carbons (Fsp3) is 0.727. The van der Waals surface area contributed by atoms with Gasteiger partial charge in [-0.3, -0.25) is 0 Å². The van der Waals surface area contributed by atoms with Gasteiger partial charge in [-0.2, -0.15) is 0 Å². The topological polar surface area (TPSA) is 148 Å². The van der Waals surface area contributed by atoms with Gasteiger partial charge in [-0.1, -0.05) is 6.92 Å². The normalized spacial score (nSPS) is 28.2. The van der Waals surface area contributed by atoms with E-state index < -0.39 is 54.4 Å². The molecule has 0 fully saturated rings. The Morgan fingerprint density at radius 1 is 1.37 bits per heavy atom. The Labute approximate surface area is 109 Å². The molecule has 0 radical (unpaired) electrons. The molecule has 0 aromatic heterocycles. The second kappa shape index (κ2) is 5.33. The van der Waals surface area contributed by atoms with Crippen LogP contribution in [-0.4, -0.2) is 67.1 Å². The van der Waals surface area contributed by atoms with E-state index in [0.29, 0.717) is 0 Å². The summed E-state index contributed by atoms with van der Waals surface area (Å²) in [7, 11) is 0. The number of aliphatic hydroxyl groups excluding tert-OH is 5. The number of aliphatic hydroxyl groups is 6. The minimum absolute atomic E-state index is 0.133. The molecule has 1 rings (SSSR count). The van der Waals surface area contributed by atoms with E-state index in [2.05, 4.69) is 0 Å². The van der Waals surface area contributed by atoms with Gasteiger partial charge in [0.05, 0.1) is 19.3 Å². The maximum absolute atomic E-state index is 11.3.